The molecule has 1 atom stereocenters. The van der Waals surface area contributed by atoms with Gasteiger partial charge in [0, 0.05) is 5.69 Å². The van der Waals surface area contributed by atoms with Crippen molar-refractivity contribution in [3.8, 4) is 0 Å². The lowest BCUT2D eigenvalue weighted by molar-refractivity contribution is 0.251. The molecule has 0 aliphatic carbocycles. The number of carbonyl (C=O) groups excluding carboxylic acids is 1. The highest BCUT2D eigenvalue weighted by atomic mass is 16.2. The van der Waals surface area contributed by atoms with E-state index in [1.807, 2.05) is 24.3 Å². The Kier molecular flexibility index (Phi) is 4.76. The molecule has 0 aliphatic rings. The number of rotatable bonds is 5. The summed E-state index contributed by atoms with van der Waals surface area (Å²) in [6.45, 7) is 4.46. The first-order chi connectivity index (χ1) is 10.1. The molecule has 0 spiro atoms. The van der Waals surface area contributed by atoms with Crippen molar-refractivity contribution < 1.29 is 4.79 Å². The first-order valence-corrected chi connectivity index (χ1v) is 6.87. The second-order valence-corrected chi connectivity index (χ2v) is 4.86. The Hall–Kier alpha value is -2.57. The summed E-state index contributed by atoms with van der Waals surface area (Å²) < 4.78 is 0. The number of aromatic amines is 2. The summed E-state index contributed by atoms with van der Waals surface area (Å²) in [4.78, 5) is 25.0. The second-order valence-electron chi connectivity index (χ2n) is 4.86. The van der Waals surface area contributed by atoms with E-state index in [1.165, 1.54) is 5.56 Å². The number of carbonyl (C=O) groups is 1. The van der Waals surface area contributed by atoms with Crippen molar-refractivity contribution in [2.45, 2.75) is 32.7 Å². The van der Waals surface area contributed by atoms with Crippen LogP contribution in [0.15, 0.2) is 29.1 Å². The van der Waals surface area contributed by atoms with E-state index in [1.54, 1.807) is 0 Å². The largest absolute Gasteiger partial charge is 0.340 e. The maximum absolute atomic E-state index is 11.7. The lowest BCUT2D eigenvalue weighted by atomic mass is 9.99. The van der Waals surface area contributed by atoms with E-state index in [4.69, 9.17) is 0 Å². The molecule has 7 nitrogen and oxygen atoms in total. The quantitative estimate of drug-likeness (QED) is 0.676. The third kappa shape index (κ3) is 4.20. The topological polar surface area (TPSA) is 103 Å². The van der Waals surface area contributed by atoms with Gasteiger partial charge in [0.15, 0.2) is 0 Å². The Morgan fingerprint density at radius 1 is 1.33 bits per heavy atom. The van der Waals surface area contributed by atoms with Crippen molar-refractivity contribution >= 4 is 11.7 Å². The minimum atomic E-state index is -0.396. The zero-order chi connectivity index (χ0) is 15.2. The normalized spacial score (nSPS) is 11.9. The Morgan fingerprint density at radius 2 is 2.05 bits per heavy atom. The van der Waals surface area contributed by atoms with Crippen molar-refractivity contribution in [2.75, 3.05) is 5.32 Å². The predicted molar refractivity (Wildman–Crippen MR) is 80.2 cm³/mol. The molecule has 0 unspecified atom stereocenters. The summed E-state index contributed by atoms with van der Waals surface area (Å²) in [7, 11) is 0. The number of anilines is 1. The van der Waals surface area contributed by atoms with Gasteiger partial charge in [0.2, 0.25) is 0 Å². The van der Waals surface area contributed by atoms with Gasteiger partial charge in [-0.2, -0.15) is 5.10 Å². The van der Waals surface area contributed by atoms with Crippen LogP contribution in [0.25, 0.3) is 0 Å². The lowest BCUT2D eigenvalue weighted by Gasteiger charge is -2.10. The third-order valence-electron chi connectivity index (χ3n) is 3.32. The van der Waals surface area contributed by atoms with Crippen molar-refractivity contribution in [3.05, 3.63) is 46.1 Å². The van der Waals surface area contributed by atoms with E-state index in [9.17, 15) is 9.59 Å². The molecule has 2 rings (SSSR count). The van der Waals surface area contributed by atoms with Gasteiger partial charge in [0.05, 0.1) is 6.54 Å². The molecule has 0 bridgehead atoms. The molecular formula is C14H19N5O2. The Labute approximate surface area is 122 Å². The van der Waals surface area contributed by atoms with Crippen LogP contribution in [0.2, 0.25) is 0 Å². The zero-order valence-corrected chi connectivity index (χ0v) is 12.1. The predicted octanol–water partition coefficient (Wildman–Crippen LogP) is 1.93. The minimum absolute atomic E-state index is 0.148. The summed E-state index contributed by atoms with van der Waals surface area (Å²) in [5, 5.41) is 11.3. The summed E-state index contributed by atoms with van der Waals surface area (Å²) in [6, 6.07) is 7.41. The van der Waals surface area contributed by atoms with Crippen molar-refractivity contribution in [1.29, 1.82) is 0 Å². The molecule has 0 radical (unpaired) electrons. The summed E-state index contributed by atoms with van der Waals surface area (Å²) in [5.41, 5.74) is 1.57. The smallest absolute Gasteiger partial charge is 0.331 e. The number of nitrogens with zero attached hydrogens (tertiary/aromatic N) is 1. The fraction of sp³-hybridized carbons (Fsp3) is 0.357. The molecule has 4 N–H and O–H groups in total. The van der Waals surface area contributed by atoms with E-state index in [-0.39, 0.29) is 12.6 Å². The van der Waals surface area contributed by atoms with Gasteiger partial charge in [-0.3, -0.25) is 4.98 Å². The molecule has 1 heterocycles. The van der Waals surface area contributed by atoms with Gasteiger partial charge in [-0.25, -0.2) is 14.7 Å². The number of amides is 2. The molecule has 112 valence electrons. The lowest BCUT2D eigenvalue weighted by Crippen LogP contribution is -2.28. The highest BCUT2D eigenvalue weighted by molar-refractivity contribution is 5.89. The van der Waals surface area contributed by atoms with Crippen LogP contribution in [0.5, 0.6) is 0 Å². The molecule has 0 aliphatic heterocycles. The molecule has 0 saturated heterocycles. The number of benzene rings is 1. The first-order valence-electron chi connectivity index (χ1n) is 6.87. The van der Waals surface area contributed by atoms with Crippen LogP contribution in [0.3, 0.4) is 0 Å². The Balaban J connectivity index is 1.86. The van der Waals surface area contributed by atoms with Crippen LogP contribution in [0.4, 0.5) is 10.5 Å². The van der Waals surface area contributed by atoms with Gasteiger partial charge in [-0.15, -0.1) is 0 Å². The standard InChI is InChI=1S/C14H19N5O2/c1-3-9(2)10-4-6-11(7-5-10)16-13(20)15-8-12-17-14(21)19-18-12/h4-7,9H,3,8H2,1-2H3,(H2,15,16,20)(H2,17,18,19,21)/t9-/m0/s1. The number of H-pyrrole nitrogens is 2. The van der Waals surface area contributed by atoms with Crippen molar-refractivity contribution in [2.24, 2.45) is 0 Å². The SMILES string of the molecule is CC[C@H](C)c1ccc(NC(=O)NCc2n[nH]c(=O)[nH]2)cc1. The Morgan fingerprint density at radius 3 is 2.62 bits per heavy atom. The van der Waals surface area contributed by atoms with Crippen LogP contribution in [0, 0.1) is 0 Å². The molecule has 21 heavy (non-hydrogen) atoms. The zero-order valence-electron chi connectivity index (χ0n) is 12.1. The highest BCUT2D eigenvalue weighted by Gasteiger charge is 2.05. The molecular weight excluding hydrogens is 270 g/mol. The second kappa shape index (κ2) is 6.74. The average Bonchev–Trinajstić information content (AvgIpc) is 2.91. The van der Waals surface area contributed by atoms with E-state index < -0.39 is 5.69 Å². The van der Waals surface area contributed by atoms with Gasteiger partial charge in [-0.05, 0) is 30.0 Å². The molecule has 2 amide bonds. The summed E-state index contributed by atoms with van der Waals surface area (Å²) >= 11 is 0. The van der Waals surface area contributed by atoms with Crippen LogP contribution < -0.4 is 16.3 Å². The third-order valence-corrected chi connectivity index (χ3v) is 3.32. The van der Waals surface area contributed by atoms with E-state index in [0.717, 1.165) is 12.1 Å². The van der Waals surface area contributed by atoms with Crippen molar-refractivity contribution in [3.63, 3.8) is 0 Å². The van der Waals surface area contributed by atoms with Crippen LogP contribution in [-0.4, -0.2) is 21.2 Å². The van der Waals surface area contributed by atoms with Crippen LogP contribution in [-0.2, 0) is 6.54 Å². The van der Waals surface area contributed by atoms with Gasteiger partial charge >= 0.3 is 11.7 Å². The number of hydrogen-bond donors (Lipinski definition) is 4. The summed E-state index contributed by atoms with van der Waals surface area (Å²) in [5.74, 6) is 0.881. The van der Waals surface area contributed by atoms with Gasteiger partial charge in [-0.1, -0.05) is 26.0 Å². The van der Waals surface area contributed by atoms with Crippen molar-refractivity contribution in [1.82, 2.24) is 20.5 Å². The van der Waals surface area contributed by atoms with Crippen LogP contribution in [0.1, 0.15) is 37.6 Å². The van der Waals surface area contributed by atoms with E-state index in [2.05, 4.69) is 39.7 Å². The molecule has 2 aromatic rings. The minimum Gasteiger partial charge on any atom is -0.331 e. The number of hydrogen-bond acceptors (Lipinski definition) is 3. The van der Waals surface area contributed by atoms with E-state index in [0.29, 0.717) is 11.7 Å². The fourth-order valence-corrected chi connectivity index (χ4v) is 1.86. The number of nitrogens with one attached hydrogen (secondary N) is 4. The van der Waals surface area contributed by atoms with E-state index >= 15 is 0 Å². The number of urea groups is 1. The molecule has 1 aromatic carbocycles. The molecule has 1 aromatic heterocycles. The van der Waals surface area contributed by atoms with Gasteiger partial charge < -0.3 is 10.6 Å². The highest BCUT2D eigenvalue weighted by Crippen LogP contribution is 2.20. The first kappa shape index (κ1) is 14.8. The maximum Gasteiger partial charge on any atom is 0.340 e. The van der Waals surface area contributed by atoms with Gasteiger partial charge in [0.1, 0.15) is 5.82 Å². The molecule has 7 heteroatoms. The maximum atomic E-state index is 11.7. The summed E-state index contributed by atoms with van der Waals surface area (Å²) in [6.07, 6.45) is 1.08. The molecule has 0 fully saturated rings. The monoisotopic (exact) mass is 289 g/mol. The van der Waals surface area contributed by atoms with Crippen LogP contribution >= 0.6 is 0 Å². The average molecular weight is 289 g/mol. The fourth-order valence-electron chi connectivity index (χ4n) is 1.86. The van der Waals surface area contributed by atoms with Gasteiger partial charge in [0.25, 0.3) is 0 Å². The Bertz CT molecular complexity index is 644. The molecule has 0 saturated carbocycles. The number of aromatic nitrogens is 3.